The molecule has 1 aromatic heterocycles. The van der Waals surface area contributed by atoms with Gasteiger partial charge in [-0.25, -0.2) is 0 Å². The van der Waals surface area contributed by atoms with E-state index in [0.29, 0.717) is 18.0 Å². The van der Waals surface area contributed by atoms with E-state index >= 15 is 0 Å². The Balaban J connectivity index is 1.86. The normalized spacial score (nSPS) is 18.3. The topological polar surface area (TPSA) is 58.7 Å². The quantitative estimate of drug-likeness (QED) is 0.735. The minimum Gasteiger partial charge on any atom is -0.491 e. The van der Waals surface area contributed by atoms with Crippen LogP contribution < -0.4 is 4.74 Å². The van der Waals surface area contributed by atoms with Crippen LogP contribution in [0, 0.1) is 11.3 Å². The second kappa shape index (κ2) is 3.54. The molecule has 2 aromatic rings. The standard InChI is InChI=1S/C12H9NO3/c13-5-10-3-8-1-2-9(4-12(8)16-10)14-6-11-7-15-11/h1-4,11H,6-7H2. The van der Waals surface area contributed by atoms with E-state index < -0.39 is 0 Å². The molecule has 3 rings (SSSR count). The van der Waals surface area contributed by atoms with Gasteiger partial charge in [-0.15, -0.1) is 0 Å². The molecule has 2 heterocycles. The zero-order valence-corrected chi connectivity index (χ0v) is 8.47. The van der Waals surface area contributed by atoms with Gasteiger partial charge in [0.15, 0.2) is 0 Å². The molecule has 0 bridgehead atoms. The lowest BCUT2D eigenvalue weighted by Crippen LogP contribution is -2.03. The highest BCUT2D eigenvalue weighted by Crippen LogP contribution is 2.24. The van der Waals surface area contributed by atoms with E-state index in [1.165, 1.54) is 0 Å². The summed E-state index contributed by atoms with van der Waals surface area (Å²) in [7, 11) is 0. The number of nitrogens with zero attached hydrogens (tertiary/aromatic N) is 1. The molecular formula is C12H9NO3. The summed E-state index contributed by atoms with van der Waals surface area (Å²) >= 11 is 0. The summed E-state index contributed by atoms with van der Waals surface area (Å²) in [5.41, 5.74) is 0.672. The summed E-state index contributed by atoms with van der Waals surface area (Å²) < 4.78 is 15.9. The smallest absolute Gasteiger partial charge is 0.204 e. The highest BCUT2D eigenvalue weighted by Gasteiger charge is 2.23. The average Bonchev–Trinajstić information content (AvgIpc) is 3.04. The van der Waals surface area contributed by atoms with Crippen molar-refractivity contribution in [2.45, 2.75) is 6.10 Å². The third-order valence-electron chi connectivity index (χ3n) is 2.44. The molecule has 80 valence electrons. The SMILES string of the molecule is N#Cc1cc2ccc(OCC3CO3)cc2o1. The molecule has 1 aliphatic heterocycles. The van der Waals surface area contributed by atoms with Gasteiger partial charge in [0, 0.05) is 17.5 Å². The number of rotatable bonds is 3. The minimum absolute atomic E-state index is 0.238. The lowest BCUT2D eigenvalue weighted by molar-refractivity contribution is 0.263. The fourth-order valence-corrected chi connectivity index (χ4v) is 1.51. The van der Waals surface area contributed by atoms with Gasteiger partial charge in [0.25, 0.3) is 0 Å². The molecule has 4 heteroatoms. The van der Waals surface area contributed by atoms with Crippen LogP contribution in [0.3, 0.4) is 0 Å². The van der Waals surface area contributed by atoms with Gasteiger partial charge in [-0.2, -0.15) is 5.26 Å². The van der Waals surface area contributed by atoms with Gasteiger partial charge in [0.1, 0.15) is 30.1 Å². The maximum atomic E-state index is 8.70. The summed E-state index contributed by atoms with van der Waals surface area (Å²) in [5, 5.41) is 9.61. The largest absolute Gasteiger partial charge is 0.491 e. The molecule has 1 aliphatic rings. The summed E-state index contributed by atoms with van der Waals surface area (Å²) in [6, 6.07) is 9.21. The molecule has 1 aromatic carbocycles. The molecule has 1 unspecified atom stereocenters. The zero-order valence-electron chi connectivity index (χ0n) is 8.47. The van der Waals surface area contributed by atoms with Gasteiger partial charge < -0.3 is 13.9 Å². The molecule has 4 nitrogen and oxygen atoms in total. The molecule has 0 saturated carbocycles. The first kappa shape index (κ1) is 9.25. The Morgan fingerprint density at radius 2 is 2.31 bits per heavy atom. The van der Waals surface area contributed by atoms with Crippen molar-refractivity contribution in [1.29, 1.82) is 5.26 Å². The van der Waals surface area contributed by atoms with Gasteiger partial charge >= 0.3 is 0 Å². The maximum absolute atomic E-state index is 8.70. The number of hydrogen-bond acceptors (Lipinski definition) is 4. The molecule has 1 atom stereocenters. The van der Waals surface area contributed by atoms with Crippen molar-refractivity contribution in [2.75, 3.05) is 13.2 Å². The van der Waals surface area contributed by atoms with E-state index in [2.05, 4.69) is 0 Å². The van der Waals surface area contributed by atoms with Crippen molar-refractivity contribution in [2.24, 2.45) is 0 Å². The Morgan fingerprint density at radius 1 is 1.44 bits per heavy atom. The highest BCUT2D eigenvalue weighted by molar-refractivity contribution is 5.80. The Bertz CT molecular complexity index is 563. The van der Waals surface area contributed by atoms with Gasteiger partial charge in [-0.3, -0.25) is 0 Å². The van der Waals surface area contributed by atoms with Gasteiger partial charge in [-0.05, 0) is 12.1 Å². The first-order valence-electron chi connectivity index (χ1n) is 5.03. The van der Waals surface area contributed by atoms with E-state index in [1.807, 2.05) is 18.2 Å². The van der Waals surface area contributed by atoms with Crippen LogP contribution in [0.4, 0.5) is 0 Å². The van der Waals surface area contributed by atoms with Crippen LogP contribution in [0.2, 0.25) is 0 Å². The number of epoxide rings is 1. The average molecular weight is 215 g/mol. The maximum Gasteiger partial charge on any atom is 0.204 e. The number of hydrogen-bond donors (Lipinski definition) is 0. The highest BCUT2D eigenvalue weighted by atomic mass is 16.6. The summed E-state index contributed by atoms with van der Waals surface area (Å²) in [6.07, 6.45) is 0.238. The van der Waals surface area contributed by atoms with Crippen molar-refractivity contribution in [3.63, 3.8) is 0 Å². The van der Waals surface area contributed by atoms with Crippen LogP contribution in [0.5, 0.6) is 5.75 Å². The molecule has 1 saturated heterocycles. The Kier molecular flexibility index (Phi) is 2.05. The predicted octanol–water partition coefficient (Wildman–Crippen LogP) is 2.08. The molecule has 0 N–H and O–H groups in total. The second-order valence-corrected chi connectivity index (χ2v) is 3.69. The van der Waals surface area contributed by atoms with Crippen LogP contribution in [0.15, 0.2) is 28.7 Å². The third kappa shape index (κ3) is 1.73. The summed E-state index contributed by atoms with van der Waals surface area (Å²) in [5.74, 6) is 1.06. The van der Waals surface area contributed by atoms with Crippen molar-refractivity contribution in [1.82, 2.24) is 0 Å². The van der Waals surface area contributed by atoms with Crippen molar-refractivity contribution in [3.8, 4) is 11.8 Å². The monoisotopic (exact) mass is 215 g/mol. The van der Waals surface area contributed by atoms with Gasteiger partial charge in [-0.1, -0.05) is 0 Å². The van der Waals surface area contributed by atoms with Crippen LogP contribution in [0.25, 0.3) is 11.0 Å². The summed E-state index contributed by atoms with van der Waals surface area (Å²) in [6.45, 7) is 1.35. The number of benzene rings is 1. The zero-order chi connectivity index (χ0) is 11.0. The van der Waals surface area contributed by atoms with Crippen molar-refractivity contribution < 1.29 is 13.9 Å². The van der Waals surface area contributed by atoms with Gasteiger partial charge in [0.05, 0.1) is 6.61 Å². The fraction of sp³-hybridized carbons (Fsp3) is 0.250. The lowest BCUT2D eigenvalue weighted by Gasteiger charge is -2.02. The first-order valence-corrected chi connectivity index (χ1v) is 5.03. The van der Waals surface area contributed by atoms with E-state index in [4.69, 9.17) is 19.2 Å². The Morgan fingerprint density at radius 3 is 3.06 bits per heavy atom. The fourth-order valence-electron chi connectivity index (χ4n) is 1.51. The Labute approximate surface area is 92.0 Å². The third-order valence-corrected chi connectivity index (χ3v) is 2.44. The van der Waals surface area contributed by atoms with E-state index in [-0.39, 0.29) is 6.10 Å². The van der Waals surface area contributed by atoms with E-state index in [9.17, 15) is 0 Å². The van der Waals surface area contributed by atoms with Crippen molar-refractivity contribution in [3.05, 3.63) is 30.0 Å². The molecule has 16 heavy (non-hydrogen) atoms. The number of nitriles is 1. The second-order valence-electron chi connectivity index (χ2n) is 3.69. The molecule has 0 amide bonds. The lowest BCUT2D eigenvalue weighted by atomic mass is 10.2. The van der Waals surface area contributed by atoms with E-state index in [1.54, 1.807) is 12.1 Å². The minimum atomic E-state index is 0.238. The predicted molar refractivity (Wildman–Crippen MR) is 56.2 cm³/mol. The molecule has 0 aliphatic carbocycles. The van der Waals surface area contributed by atoms with Crippen molar-refractivity contribution >= 4 is 11.0 Å². The molecule has 0 spiro atoms. The Hall–Kier alpha value is -1.99. The molecular weight excluding hydrogens is 206 g/mol. The van der Waals surface area contributed by atoms with Gasteiger partial charge in [0.2, 0.25) is 5.76 Å². The molecule has 1 fully saturated rings. The van der Waals surface area contributed by atoms with Crippen LogP contribution in [-0.2, 0) is 4.74 Å². The van der Waals surface area contributed by atoms with Crippen LogP contribution in [0.1, 0.15) is 5.76 Å². The number of fused-ring (bicyclic) bond motifs is 1. The summed E-state index contributed by atoms with van der Waals surface area (Å²) in [4.78, 5) is 0. The van der Waals surface area contributed by atoms with Crippen LogP contribution in [-0.4, -0.2) is 19.3 Å². The first-order chi connectivity index (χ1) is 7.85. The van der Waals surface area contributed by atoms with Crippen LogP contribution >= 0.6 is 0 Å². The number of furan rings is 1. The van der Waals surface area contributed by atoms with E-state index in [0.717, 1.165) is 17.7 Å². The molecule has 0 radical (unpaired) electrons. The number of ether oxygens (including phenoxy) is 2.